The first-order valence-corrected chi connectivity index (χ1v) is 11.8. The molecule has 0 radical (unpaired) electrons. The van der Waals surface area contributed by atoms with Crippen LogP contribution in [0.2, 0.25) is 0 Å². The van der Waals surface area contributed by atoms with Crippen molar-refractivity contribution in [2.75, 3.05) is 24.5 Å². The van der Waals surface area contributed by atoms with Gasteiger partial charge in [-0.1, -0.05) is 11.3 Å². The second kappa shape index (κ2) is 8.52. The smallest absolute Gasteiger partial charge is 0.480 e. The molecule has 16 heteroatoms. The lowest BCUT2D eigenvalue weighted by Gasteiger charge is -2.38. The van der Waals surface area contributed by atoms with E-state index < -0.39 is 34.1 Å². The van der Waals surface area contributed by atoms with E-state index in [4.69, 9.17) is 0 Å². The number of piperazine rings is 1. The van der Waals surface area contributed by atoms with Crippen LogP contribution >= 0.6 is 11.3 Å². The minimum Gasteiger partial charge on any atom is -0.480 e. The summed E-state index contributed by atoms with van der Waals surface area (Å²) in [6.45, 7) is -0.407. The molecular weight excluding hydrogens is 503 g/mol. The van der Waals surface area contributed by atoms with Gasteiger partial charge in [-0.25, -0.2) is 18.1 Å². The fourth-order valence-corrected chi connectivity index (χ4v) is 6.02. The fraction of sp³-hybridized carbons (Fsp3) is 0.333. The van der Waals surface area contributed by atoms with Gasteiger partial charge in [0.25, 0.3) is 5.56 Å². The van der Waals surface area contributed by atoms with Gasteiger partial charge in [0.2, 0.25) is 10.0 Å². The zero-order valence-electron chi connectivity index (χ0n) is 17.3. The number of aromatic nitrogens is 3. The van der Waals surface area contributed by atoms with Crippen LogP contribution in [0.25, 0.3) is 10.2 Å². The molecular formula is C18H16F3N5O6S2. The van der Waals surface area contributed by atoms with Crippen molar-refractivity contribution in [2.45, 2.75) is 17.3 Å². The molecule has 0 aliphatic carbocycles. The molecule has 4 rings (SSSR count). The standard InChI is InChI=1S/C18H16F3N5O6S2/c1-24-15(27)14-12(8-22-24)23-17(33-14)25-6-7-26(13(9-25)16(28)29)34(30,31)11-4-2-10(3-5-11)32-18(19,20)21/h2-5,8,13H,6-7,9H2,1H3,(H,28,29)/t13-/m1/s1. The van der Waals surface area contributed by atoms with Crippen LogP contribution in [0, 0.1) is 0 Å². The first kappa shape index (κ1) is 23.9. The number of carboxylic acid groups (broad SMARTS) is 1. The maximum atomic E-state index is 13.1. The Hall–Kier alpha value is -3.24. The lowest BCUT2D eigenvalue weighted by atomic mass is 10.2. The lowest BCUT2D eigenvalue weighted by molar-refractivity contribution is -0.274. The van der Waals surface area contributed by atoms with Gasteiger partial charge in [-0.05, 0) is 24.3 Å². The third kappa shape index (κ3) is 4.55. The van der Waals surface area contributed by atoms with Crippen molar-refractivity contribution in [1.82, 2.24) is 19.1 Å². The van der Waals surface area contributed by atoms with Crippen LogP contribution in [0.1, 0.15) is 0 Å². The Morgan fingerprint density at radius 2 is 1.91 bits per heavy atom. The molecule has 0 unspecified atom stereocenters. The number of carbonyl (C=O) groups is 1. The average molecular weight is 519 g/mol. The Labute approximate surface area is 193 Å². The molecule has 34 heavy (non-hydrogen) atoms. The molecule has 2 aromatic heterocycles. The van der Waals surface area contributed by atoms with E-state index in [0.717, 1.165) is 44.6 Å². The number of benzene rings is 1. The van der Waals surface area contributed by atoms with Gasteiger partial charge in [0.15, 0.2) is 5.13 Å². The largest absolute Gasteiger partial charge is 0.573 e. The predicted molar refractivity (Wildman–Crippen MR) is 113 cm³/mol. The van der Waals surface area contributed by atoms with E-state index in [0.29, 0.717) is 15.3 Å². The molecule has 1 saturated heterocycles. The molecule has 0 spiro atoms. The third-order valence-electron chi connectivity index (χ3n) is 5.03. The number of ether oxygens (including phenoxy) is 1. The van der Waals surface area contributed by atoms with E-state index in [-0.39, 0.29) is 30.1 Å². The summed E-state index contributed by atoms with van der Waals surface area (Å²) in [5.74, 6) is -2.02. The summed E-state index contributed by atoms with van der Waals surface area (Å²) in [4.78, 5) is 29.7. The summed E-state index contributed by atoms with van der Waals surface area (Å²) in [5, 5.41) is 14.0. The van der Waals surface area contributed by atoms with Gasteiger partial charge in [0, 0.05) is 26.7 Å². The Balaban J connectivity index is 1.59. The highest BCUT2D eigenvalue weighted by Gasteiger charge is 2.41. The van der Waals surface area contributed by atoms with Gasteiger partial charge < -0.3 is 14.7 Å². The van der Waals surface area contributed by atoms with Gasteiger partial charge in [0.05, 0.1) is 11.1 Å². The molecule has 1 N–H and O–H groups in total. The number of hydrogen-bond donors (Lipinski definition) is 1. The summed E-state index contributed by atoms with van der Waals surface area (Å²) in [5.41, 5.74) is -0.0265. The van der Waals surface area contributed by atoms with E-state index in [1.165, 1.54) is 13.2 Å². The summed E-state index contributed by atoms with van der Waals surface area (Å²) < 4.78 is 69.2. The van der Waals surface area contributed by atoms with E-state index in [1.807, 2.05) is 0 Å². The Kier molecular flexibility index (Phi) is 5.99. The molecule has 0 saturated carbocycles. The van der Waals surface area contributed by atoms with E-state index in [1.54, 1.807) is 4.90 Å². The molecule has 1 aliphatic rings. The number of fused-ring (bicyclic) bond motifs is 1. The lowest BCUT2D eigenvalue weighted by Crippen LogP contribution is -2.58. The van der Waals surface area contributed by atoms with Crippen LogP contribution in [0.5, 0.6) is 5.75 Å². The van der Waals surface area contributed by atoms with Crippen molar-refractivity contribution in [3.05, 3.63) is 40.8 Å². The van der Waals surface area contributed by atoms with E-state index in [9.17, 15) is 36.3 Å². The van der Waals surface area contributed by atoms with Gasteiger partial charge in [-0.2, -0.15) is 9.40 Å². The second-order valence-corrected chi connectivity index (χ2v) is 10.1. The van der Waals surface area contributed by atoms with Crippen molar-refractivity contribution in [2.24, 2.45) is 7.05 Å². The molecule has 11 nitrogen and oxygen atoms in total. The Morgan fingerprint density at radius 1 is 1.24 bits per heavy atom. The van der Waals surface area contributed by atoms with Crippen LogP contribution in [-0.2, 0) is 21.9 Å². The van der Waals surface area contributed by atoms with Gasteiger partial charge >= 0.3 is 12.3 Å². The molecule has 1 aliphatic heterocycles. The predicted octanol–water partition coefficient (Wildman–Crippen LogP) is 1.25. The van der Waals surface area contributed by atoms with Gasteiger partial charge in [0.1, 0.15) is 22.0 Å². The number of aliphatic carboxylic acids is 1. The first-order chi connectivity index (χ1) is 15.9. The van der Waals surface area contributed by atoms with Crippen molar-refractivity contribution in [1.29, 1.82) is 0 Å². The number of carboxylic acids is 1. The molecule has 0 amide bonds. The number of nitrogens with zero attached hydrogens (tertiary/aromatic N) is 5. The van der Waals surface area contributed by atoms with Crippen molar-refractivity contribution in [3.8, 4) is 5.75 Å². The minimum atomic E-state index is -4.94. The fourth-order valence-electron chi connectivity index (χ4n) is 3.41. The number of thiazole rings is 1. The number of alkyl halides is 3. The molecule has 3 heterocycles. The van der Waals surface area contributed by atoms with Crippen molar-refractivity contribution < 1.29 is 36.2 Å². The summed E-state index contributed by atoms with van der Waals surface area (Å²) in [6, 6.07) is 2.00. The number of sulfonamides is 1. The summed E-state index contributed by atoms with van der Waals surface area (Å²) >= 11 is 1.04. The van der Waals surface area contributed by atoms with E-state index >= 15 is 0 Å². The quantitative estimate of drug-likeness (QED) is 0.528. The number of anilines is 1. The third-order valence-corrected chi connectivity index (χ3v) is 8.08. The highest BCUT2D eigenvalue weighted by atomic mass is 32.2. The SMILES string of the molecule is Cn1ncc2nc(N3CCN(S(=O)(=O)c4ccc(OC(F)(F)F)cc4)[C@@H](C(=O)O)C3)sc2c1=O. The van der Waals surface area contributed by atoms with E-state index in [2.05, 4.69) is 14.8 Å². The summed E-state index contributed by atoms with van der Waals surface area (Å²) in [6.07, 6.45) is -3.54. The molecule has 3 aromatic rings. The monoisotopic (exact) mass is 519 g/mol. The number of hydrogen-bond acceptors (Lipinski definition) is 9. The first-order valence-electron chi connectivity index (χ1n) is 9.55. The number of halogens is 3. The normalized spacial score (nSPS) is 17.8. The van der Waals surface area contributed by atoms with Gasteiger partial charge in [-0.15, -0.1) is 13.2 Å². The highest BCUT2D eigenvalue weighted by molar-refractivity contribution is 7.89. The van der Waals surface area contributed by atoms with Crippen LogP contribution in [0.4, 0.5) is 18.3 Å². The minimum absolute atomic E-state index is 0.0752. The van der Waals surface area contributed by atoms with Crippen LogP contribution in [0.15, 0.2) is 40.2 Å². The van der Waals surface area contributed by atoms with Crippen molar-refractivity contribution in [3.63, 3.8) is 0 Å². The zero-order chi connectivity index (χ0) is 24.8. The average Bonchev–Trinajstić information content (AvgIpc) is 3.20. The molecule has 1 aromatic carbocycles. The molecule has 1 atom stereocenters. The van der Waals surface area contributed by atoms with Crippen LogP contribution < -0.4 is 15.2 Å². The highest BCUT2D eigenvalue weighted by Crippen LogP contribution is 2.31. The molecule has 0 bridgehead atoms. The summed E-state index contributed by atoms with van der Waals surface area (Å²) in [7, 11) is -2.87. The van der Waals surface area contributed by atoms with Crippen LogP contribution in [0.3, 0.4) is 0 Å². The van der Waals surface area contributed by atoms with Crippen LogP contribution in [-0.4, -0.2) is 70.6 Å². The second-order valence-electron chi connectivity index (χ2n) is 7.22. The molecule has 1 fully saturated rings. The zero-order valence-corrected chi connectivity index (χ0v) is 18.9. The maximum Gasteiger partial charge on any atom is 0.573 e. The Bertz CT molecular complexity index is 1400. The topological polar surface area (TPSA) is 135 Å². The Morgan fingerprint density at radius 3 is 2.53 bits per heavy atom. The van der Waals surface area contributed by atoms with Crippen molar-refractivity contribution >= 4 is 42.7 Å². The molecule has 182 valence electrons. The maximum absolute atomic E-state index is 13.1. The number of rotatable bonds is 5. The number of aryl methyl sites for hydroxylation is 1. The van der Waals surface area contributed by atoms with Gasteiger partial charge in [-0.3, -0.25) is 9.59 Å².